The summed E-state index contributed by atoms with van der Waals surface area (Å²) in [6, 6.07) is 6.85. The highest BCUT2D eigenvalue weighted by atomic mass is 16.5. The highest BCUT2D eigenvalue weighted by Gasteiger charge is 2.49. The molecule has 0 bridgehead atoms. The van der Waals surface area contributed by atoms with E-state index in [1.165, 1.54) is 93.9 Å². The van der Waals surface area contributed by atoms with Gasteiger partial charge in [0, 0.05) is 0 Å². The Hall–Kier alpha value is -0.980. The van der Waals surface area contributed by atoms with E-state index in [2.05, 4.69) is 25.1 Å². The van der Waals surface area contributed by atoms with Crippen LogP contribution in [0.3, 0.4) is 0 Å². The molecule has 1 aromatic rings. The second-order valence-corrected chi connectivity index (χ2v) is 8.34. The SMILES string of the molecule is Cc1ccc2c(c1)OC(C1CCCCC1)(C1CCCCC1)CC2. The fraction of sp³-hybridized carbons (Fsp3) is 0.727. The van der Waals surface area contributed by atoms with Crippen molar-refractivity contribution in [1.82, 2.24) is 0 Å². The van der Waals surface area contributed by atoms with E-state index in [4.69, 9.17) is 4.74 Å². The Morgan fingerprint density at radius 3 is 2.09 bits per heavy atom. The summed E-state index contributed by atoms with van der Waals surface area (Å²) in [7, 11) is 0. The molecule has 0 radical (unpaired) electrons. The van der Waals surface area contributed by atoms with E-state index in [0.29, 0.717) is 0 Å². The lowest BCUT2D eigenvalue weighted by Crippen LogP contribution is -2.53. The lowest BCUT2D eigenvalue weighted by atomic mass is 9.63. The third-order valence-corrected chi connectivity index (χ3v) is 6.90. The van der Waals surface area contributed by atoms with Crippen molar-refractivity contribution in [3.05, 3.63) is 29.3 Å². The minimum atomic E-state index is 0.154. The van der Waals surface area contributed by atoms with Crippen molar-refractivity contribution in [3.8, 4) is 5.75 Å². The molecule has 4 rings (SSSR count). The molecule has 23 heavy (non-hydrogen) atoms. The van der Waals surface area contributed by atoms with E-state index < -0.39 is 0 Å². The molecule has 3 aliphatic rings. The minimum absolute atomic E-state index is 0.154. The van der Waals surface area contributed by atoms with E-state index in [-0.39, 0.29) is 5.60 Å². The van der Waals surface area contributed by atoms with Crippen molar-refractivity contribution < 1.29 is 4.74 Å². The first-order valence-electron chi connectivity index (χ1n) is 10.1. The minimum Gasteiger partial charge on any atom is -0.486 e. The molecule has 1 heterocycles. The Labute approximate surface area is 141 Å². The van der Waals surface area contributed by atoms with Gasteiger partial charge in [0.15, 0.2) is 0 Å². The van der Waals surface area contributed by atoms with Crippen LogP contribution in [0.15, 0.2) is 18.2 Å². The zero-order chi connectivity index (χ0) is 15.7. The molecule has 0 unspecified atom stereocenters. The Morgan fingerprint density at radius 2 is 1.48 bits per heavy atom. The first-order chi connectivity index (χ1) is 11.3. The maximum Gasteiger partial charge on any atom is 0.123 e. The second-order valence-electron chi connectivity index (χ2n) is 8.34. The van der Waals surface area contributed by atoms with Crippen LogP contribution in [-0.2, 0) is 6.42 Å². The fourth-order valence-electron chi connectivity index (χ4n) is 5.64. The smallest absolute Gasteiger partial charge is 0.123 e. The number of hydrogen-bond donors (Lipinski definition) is 0. The summed E-state index contributed by atoms with van der Waals surface area (Å²) >= 11 is 0. The lowest BCUT2D eigenvalue weighted by Gasteiger charge is -2.51. The largest absolute Gasteiger partial charge is 0.486 e. The highest BCUT2D eigenvalue weighted by Crippen LogP contribution is 2.50. The molecule has 0 atom stereocenters. The van der Waals surface area contributed by atoms with E-state index >= 15 is 0 Å². The number of benzene rings is 1. The van der Waals surface area contributed by atoms with Crippen LogP contribution in [0, 0.1) is 18.8 Å². The van der Waals surface area contributed by atoms with Crippen molar-refractivity contribution in [2.24, 2.45) is 11.8 Å². The predicted molar refractivity (Wildman–Crippen MR) is 96.0 cm³/mol. The summed E-state index contributed by atoms with van der Waals surface area (Å²) < 4.78 is 6.98. The fourth-order valence-corrected chi connectivity index (χ4v) is 5.64. The number of aryl methyl sites for hydroxylation is 2. The van der Waals surface area contributed by atoms with Gasteiger partial charge in [-0.1, -0.05) is 50.7 Å². The van der Waals surface area contributed by atoms with E-state index in [1.807, 2.05) is 0 Å². The summed E-state index contributed by atoms with van der Waals surface area (Å²) in [6.07, 6.45) is 16.6. The molecular formula is C22H32O. The van der Waals surface area contributed by atoms with Crippen molar-refractivity contribution in [3.63, 3.8) is 0 Å². The van der Waals surface area contributed by atoms with Crippen molar-refractivity contribution >= 4 is 0 Å². The summed E-state index contributed by atoms with van der Waals surface area (Å²) in [5.41, 5.74) is 2.94. The normalized spacial score (nSPS) is 25.6. The quantitative estimate of drug-likeness (QED) is 0.630. The van der Waals surface area contributed by atoms with Gasteiger partial charge in [-0.3, -0.25) is 0 Å². The zero-order valence-corrected chi connectivity index (χ0v) is 14.8. The second kappa shape index (κ2) is 6.49. The van der Waals surface area contributed by atoms with Gasteiger partial charge in [0.2, 0.25) is 0 Å². The van der Waals surface area contributed by atoms with Gasteiger partial charge >= 0.3 is 0 Å². The molecule has 2 aliphatic carbocycles. The van der Waals surface area contributed by atoms with Gasteiger partial charge in [-0.2, -0.15) is 0 Å². The van der Waals surface area contributed by atoms with Gasteiger partial charge in [-0.05, 0) is 74.5 Å². The molecule has 1 aliphatic heterocycles. The summed E-state index contributed by atoms with van der Waals surface area (Å²) in [5.74, 6) is 2.81. The van der Waals surface area contributed by atoms with Gasteiger partial charge in [-0.25, -0.2) is 0 Å². The Morgan fingerprint density at radius 1 is 0.870 bits per heavy atom. The number of ether oxygens (including phenoxy) is 1. The average Bonchev–Trinajstić information content (AvgIpc) is 2.62. The summed E-state index contributed by atoms with van der Waals surface area (Å²) in [5, 5.41) is 0. The number of rotatable bonds is 2. The molecule has 0 N–H and O–H groups in total. The van der Waals surface area contributed by atoms with Crippen LogP contribution in [0.2, 0.25) is 0 Å². The molecule has 0 spiro atoms. The molecule has 126 valence electrons. The Kier molecular flexibility index (Phi) is 4.39. The highest BCUT2D eigenvalue weighted by molar-refractivity contribution is 5.40. The van der Waals surface area contributed by atoms with Gasteiger partial charge in [0.1, 0.15) is 11.4 Å². The number of fused-ring (bicyclic) bond motifs is 1. The third kappa shape index (κ3) is 2.92. The summed E-state index contributed by atoms with van der Waals surface area (Å²) in [4.78, 5) is 0. The number of hydrogen-bond acceptors (Lipinski definition) is 1. The van der Waals surface area contributed by atoms with Crippen LogP contribution < -0.4 is 4.74 Å². The van der Waals surface area contributed by atoms with Crippen LogP contribution in [-0.4, -0.2) is 5.60 Å². The molecule has 0 saturated heterocycles. The van der Waals surface area contributed by atoms with E-state index in [9.17, 15) is 0 Å². The van der Waals surface area contributed by atoms with Crippen LogP contribution in [0.5, 0.6) is 5.75 Å². The average molecular weight is 312 g/mol. The van der Waals surface area contributed by atoms with Crippen LogP contribution in [0.4, 0.5) is 0 Å². The predicted octanol–water partition coefficient (Wildman–Crippen LogP) is 6.22. The van der Waals surface area contributed by atoms with Crippen LogP contribution in [0.25, 0.3) is 0 Å². The maximum atomic E-state index is 6.98. The van der Waals surface area contributed by atoms with Gasteiger partial charge in [0.05, 0.1) is 0 Å². The standard InChI is InChI=1S/C22H32O/c1-17-12-13-18-14-15-22(23-21(18)16-17,19-8-4-2-5-9-19)20-10-6-3-7-11-20/h12-13,16,19-20H,2-11,14-15H2,1H3. The Bertz CT molecular complexity index is 517. The molecule has 0 amide bonds. The molecule has 1 heteroatoms. The molecular weight excluding hydrogens is 280 g/mol. The molecule has 2 saturated carbocycles. The molecule has 2 fully saturated rings. The van der Waals surface area contributed by atoms with E-state index in [1.54, 1.807) is 0 Å². The van der Waals surface area contributed by atoms with Crippen LogP contribution >= 0.6 is 0 Å². The van der Waals surface area contributed by atoms with Crippen molar-refractivity contribution in [1.29, 1.82) is 0 Å². The van der Waals surface area contributed by atoms with Crippen molar-refractivity contribution in [2.75, 3.05) is 0 Å². The third-order valence-electron chi connectivity index (χ3n) is 6.90. The summed E-state index contributed by atoms with van der Waals surface area (Å²) in [6.45, 7) is 2.20. The van der Waals surface area contributed by atoms with Gasteiger partial charge in [0.25, 0.3) is 0 Å². The lowest BCUT2D eigenvalue weighted by molar-refractivity contribution is -0.0836. The monoisotopic (exact) mass is 312 g/mol. The van der Waals surface area contributed by atoms with E-state index in [0.717, 1.165) is 11.8 Å². The maximum absolute atomic E-state index is 6.98. The molecule has 1 aromatic carbocycles. The Balaban J connectivity index is 1.68. The first kappa shape index (κ1) is 15.5. The molecule has 1 nitrogen and oxygen atoms in total. The first-order valence-corrected chi connectivity index (χ1v) is 10.1. The van der Waals surface area contributed by atoms with Gasteiger partial charge < -0.3 is 4.74 Å². The molecule has 0 aromatic heterocycles. The zero-order valence-electron chi connectivity index (χ0n) is 14.8. The van der Waals surface area contributed by atoms with Gasteiger partial charge in [-0.15, -0.1) is 0 Å². The van der Waals surface area contributed by atoms with Crippen LogP contribution in [0.1, 0.15) is 81.8 Å². The topological polar surface area (TPSA) is 9.23 Å². The van der Waals surface area contributed by atoms with Crippen molar-refractivity contribution in [2.45, 2.75) is 89.6 Å².